The molecule has 6 heteroatoms. The Labute approximate surface area is 133 Å². The molecule has 3 nitrogen and oxygen atoms in total. The van der Waals surface area contributed by atoms with Crippen LogP contribution in [0.25, 0.3) is 0 Å². The molecule has 0 amide bonds. The van der Waals surface area contributed by atoms with Crippen molar-refractivity contribution in [2.75, 3.05) is 36.1 Å². The average Bonchev–Trinajstić information content (AvgIpc) is 2.48. The minimum absolute atomic E-state index is 0.241. The number of nitrogens with zero attached hydrogens (tertiary/aromatic N) is 1. The molecule has 2 rings (SSSR count). The summed E-state index contributed by atoms with van der Waals surface area (Å²) in [6.45, 7) is 3.59. The fourth-order valence-corrected chi connectivity index (χ4v) is 6.91. The zero-order valence-corrected chi connectivity index (χ0v) is 14.9. The second-order valence-corrected chi connectivity index (χ2v) is 10.1. The predicted molar refractivity (Wildman–Crippen MR) is 91.5 cm³/mol. The van der Waals surface area contributed by atoms with E-state index >= 15 is 0 Å². The Morgan fingerprint density at radius 3 is 2.60 bits per heavy atom. The summed E-state index contributed by atoms with van der Waals surface area (Å²) in [5.74, 6) is 2.93. The van der Waals surface area contributed by atoms with E-state index < -0.39 is 9.84 Å². The highest BCUT2D eigenvalue weighted by Gasteiger charge is 2.39. The minimum Gasteiger partial charge on any atom is -0.285 e. The quantitative estimate of drug-likeness (QED) is 0.783. The van der Waals surface area contributed by atoms with Crippen molar-refractivity contribution in [2.24, 2.45) is 5.41 Å². The summed E-state index contributed by atoms with van der Waals surface area (Å²) in [4.78, 5) is 2.25. The van der Waals surface area contributed by atoms with Gasteiger partial charge in [0.05, 0.1) is 0 Å². The SMILES string of the molecule is CCS(=O)(=O)C1CSCCN1CC1(CS)CCCCC1. The number of sulfone groups is 1. The van der Waals surface area contributed by atoms with Crippen LogP contribution in [0.15, 0.2) is 0 Å². The molecule has 0 radical (unpaired) electrons. The van der Waals surface area contributed by atoms with Gasteiger partial charge < -0.3 is 0 Å². The van der Waals surface area contributed by atoms with Crippen molar-refractivity contribution in [1.82, 2.24) is 4.90 Å². The third-order valence-corrected chi connectivity index (χ3v) is 8.80. The average molecular weight is 338 g/mol. The maximum atomic E-state index is 12.3. The lowest BCUT2D eigenvalue weighted by atomic mass is 9.75. The van der Waals surface area contributed by atoms with Crippen molar-refractivity contribution in [3.05, 3.63) is 0 Å². The molecule has 0 N–H and O–H groups in total. The van der Waals surface area contributed by atoms with Gasteiger partial charge in [0, 0.05) is 30.3 Å². The molecule has 1 unspecified atom stereocenters. The van der Waals surface area contributed by atoms with Gasteiger partial charge in [-0.25, -0.2) is 8.42 Å². The van der Waals surface area contributed by atoms with Gasteiger partial charge in [-0.2, -0.15) is 24.4 Å². The molecular formula is C14H27NO2S3. The standard InChI is InChI=1S/C14H27NO2S3/c1-2-20(16,17)13-10-19-9-8-15(13)11-14(12-18)6-4-3-5-7-14/h13,18H,2-12H2,1H3. The smallest absolute Gasteiger partial charge is 0.166 e. The van der Waals surface area contributed by atoms with E-state index in [1.54, 1.807) is 18.7 Å². The van der Waals surface area contributed by atoms with Gasteiger partial charge >= 0.3 is 0 Å². The Hall–Kier alpha value is 0.610. The molecule has 0 aromatic heterocycles. The molecule has 2 fully saturated rings. The van der Waals surface area contributed by atoms with Crippen LogP contribution in [-0.4, -0.2) is 54.8 Å². The molecule has 1 aliphatic carbocycles. The van der Waals surface area contributed by atoms with Gasteiger partial charge in [-0.05, 0) is 24.0 Å². The van der Waals surface area contributed by atoms with Crippen molar-refractivity contribution < 1.29 is 8.42 Å². The topological polar surface area (TPSA) is 37.4 Å². The zero-order chi connectivity index (χ0) is 14.6. The van der Waals surface area contributed by atoms with Gasteiger partial charge in [-0.15, -0.1) is 0 Å². The van der Waals surface area contributed by atoms with Gasteiger partial charge in [0.1, 0.15) is 5.37 Å². The normalized spacial score (nSPS) is 28.4. The Bertz CT molecular complexity index is 405. The molecule has 1 atom stereocenters. The third-order valence-electron chi connectivity index (χ3n) is 4.80. The molecule has 118 valence electrons. The van der Waals surface area contributed by atoms with Crippen LogP contribution in [0.1, 0.15) is 39.0 Å². The highest BCUT2D eigenvalue weighted by Crippen LogP contribution is 2.39. The number of thiol groups is 1. The summed E-state index contributed by atoms with van der Waals surface area (Å²) in [5, 5.41) is -0.273. The van der Waals surface area contributed by atoms with Crippen molar-refractivity contribution >= 4 is 34.2 Å². The van der Waals surface area contributed by atoms with Gasteiger partial charge in [0.15, 0.2) is 9.84 Å². The van der Waals surface area contributed by atoms with E-state index in [0.29, 0.717) is 0 Å². The van der Waals surface area contributed by atoms with E-state index in [1.165, 1.54) is 32.1 Å². The van der Waals surface area contributed by atoms with Gasteiger partial charge in [0.2, 0.25) is 0 Å². The molecule has 0 aromatic rings. The summed E-state index contributed by atoms with van der Waals surface area (Å²) in [6.07, 6.45) is 6.28. The third kappa shape index (κ3) is 3.87. The van der Waals surface area contributed by atoms with Crippen molar-refractivity contribution in [3.63, 3.8) is 0 Å². The first-order valence-electron chi connectivity index (χ1n) is 7.67. The first kappa shape index (κ1) is 17.0. The summed E-state index contributed by atoms with van der Waals surface area (Å²) in [7, 11) is -2.98. The summed E-state index contributed by atoms with van der Waals surface area (Å²) in [5.41, 5.74) is 0.241. The molecule has 1 aliphatic heterocycles. The summed E-state index contributed by atoms with van der Waals surface area (Å²) < 4.78 is 24.7. The van der Waals surface area contributed by atoms with Crippen LogP contribution in [0.2, 0.25) is 0 Å². The second-order valence-electron chi connectivity index (χ2n) is 6.17. The van der Waals surface area contributed by atoms with E-state index in [-0.39, 0.29) is 16.5 Å². The summed E-state index contributed by atoms with van der Waals surface area (Å²) >= 11 is 6.37. The highest BCUT2D eigenvalue weighted by molar-refractivity contribution is 8.01. The van der Waals surface area contributed by atoms with E-state index in [2.05, 4.69) is 17.5 Å². The zero-order valence-electron chi connectivity index (χ0n) is 12.4. The van der Waals surface area contributed by atoms with Crippen LogP contribution in [-0.2, 0) is 9.84 Å². The first-order valence-corrected chi connectivity index (χ1v) is 11.2. The molecular weight excluding hydrogens is 310 g/mol. The molecule has 1 saturated heterocycles. The lowest BCUT2D eigenvalue weighted by molar-refractivity contribution is 0.123. The maximum absolute atomic E-state index is 12.3. The summed E-state index contributed by atoms with van der Waals surface area (Å²) in [6, 6.07) is 0. The monoisotopic (exact) mass is 337 g/mol. The molecule has 1 heterocycles. The Kier molecular flexibility index (Phi) is 6.15. The number of rotatable bonds is 5. The largest absolute Gasteiger partial charge is 0.285 e. The number of hydrogen-bond acceptors (Lipinski definition) is 5. The van der Waals surface area contributed by atoms with Crippen LogP contribution >= 0.6 is 24.4 Å². The van der Waals surface area contributed by atoms with E-state index in [9.17, 15) is 8.42 Å². The van der Waals surface area contributed by atoms with Gasteiger partial charge in [0.25, 0.3) is 0 Å². The molecule has 0 aromatic carbocycles. The van der Waals surface area contributed by atoms with Crippen molar-refractivity contribution in [2.45, 2.75) is 44.4 Å². The van der Waals surface area contributed by atoms with Crippen LogP contribution in [0, 0.1) is 5.41 Å². The maximum Gasteiger partial charge on any atom is 0.166 e. The lowest BCUT2D eigenvalue weighted by Crippen LogP contribution is -2.52. The Morgan fingerprint density at radius 1 is 1.30 bits per heavy atom. The minimum atomic E-state index is -2.98. The number of hydrogen-bond donors (Lipinski definition) is 1. The Balaban J connectivity index is 2.11. The van der Waals surface area contributed by atoms with Crippen LogP contribution in [0.3, 0.4) is 0 Å². The second kappa shape index (κ2) is 7.25. The van der Waals surface area contributed by atoms with Crippen LogP contribution in [0.4, 0.5) is 0 Å². The van der Waals surface area contributed by atoms with Crippen LogP contribution in [0.5, 0.6) is 0 Å². The van der Waals surface area contributed by atoms with E-state index in [4.69, 9.17) is 0 Å². The molecule has 1 saturated carbocycles. The van der Waals surface area contributed by atoms with Crippen molar-refractivity contribution in [3.8, 4) is 0 Å². The van der Waals surface area contributed by atoms with Crippen LogP contribution < -0.4 is 0 Å². The molecule has 0 spiro atoms. The van der Waals surface area contributed by atoms with Gasteiger partial charge in [-0.3, -0.25) is 4.90 Å². The van der Waals surface area contributed by atoms with Gasteiger partial charge in [-0.1, -0.05) is 26.2 Å². The fourth-order valence-electron chi connectivity index (χ4n) is 3.42. The Morgan fingerprint density at radius 2 is 2.00 bits per heavy atom. The molecule has 20 heavy (non-hydrogen) atoms. The highest BCUT2D eigenvalue weighted by atomic mass is 32.2. The predicted octanol–water partition coefficient (Wildman–Crippen LogP) is 2.68. The molecule has 0 bridgehead atoms. The first-order chi connectivity index (χ1) is 9.53. The molecule has 2 aliphatic rings. The van der Waals surface area contributed by atoms with E-state index in [1.807, 2.05) is 0 Å². The van der Waals surface area contributed by atoms with Crippen molar-refractivity contribution in [1.29, 1.82) is 0 Å². The van der Waals surface area contributed by atoms with E-state index in [0.717, 1.165) is 30.3 Å². The number of thioether (sulfide) groups is 1. The lowest BCUT2D eigenvalue weighted by Gasteiger charge is -2.44. The fraction of sp³-hybridized carbons (Fsp3) is 1.00.